The Kier molecular flexibility index (Phi) is 3.70. The van der Waals surface area contributed by atoms with E-state index in [0.717, 1.165) is 21.6 Å². The molecule has 0 amide bonds. The molecule has 0 N–H and O–H groups in total. The zero-order valence-corrected chi connectivity index (χ0v) is 13.1. The maximum atomic E-state index is 5.15. The fourth-order valence-corrected chi connectivity index (χ4v) is 2.45. The van der Waals surface area contributed by atoms with E-state index in [4.69, 9.17) is 4.74 Å². The number of halogens is 1. The Hall–Kier alpha value is -2.22. The van der Waals surface area contributed by atoms with E-state index < -0.39 is 0 Å². The Morgan fingerprint density at radius 1 is 1.24 bits per heavy atom. The van der Waals surface area contributed by atoms with Crippen molar-refractivity contribution >= 4 is 15.9 Å². The molecule has 21 heavy (non-hydrogen) atoms. The number of methoxy groups -OCH3 is 1. The van der Waals surface area contributed by atoms with Crippen molar-refractivity contribution in [2.24, 2.45) is 0 Å². The maximum absolute atomic E-state index is 5.15. The van der Waals surface area contributed by atoms with Crippen LogP contribution in [0.4, 0.5) is 0 Å². The first-order chi connectivity index (χ1) is 10.2. The highest BCUT2D eigenvalue weighted by Gasteiger charge is 2.15. The molecule has 0 radical (unpaired) electrons. The van der Waals surface area contributed by atoms with Gasteiger partial charge in [0.1, 0.15) is 10.4 Å². The summed E-state index contributed by atoms with van der Waals surface area (Å²) in [6.07, 6.45) is 1.71. The average molecular weight is 349 g/mol. The van der Waals surface area contributed by atoms with Gasteiger partial charge in [-0.05, 0) is 52.3 Å². The zero-order chi connectivity index (χ0) is 14.8. The van der Waals surface area contributed by atoms with Crippen LogP contribution in [0, 0.1) is 0 Å². The predicted octanol–water partition coefficient (Wildman–Crippen LogP) is 2.32. The molecule has 108 valence electrons. The van der Waals surface area contributed by atoms with Crippen molar-refractivity contribution in [3.05, 3.63) is 35.1 Å². The fourth-order valence-electron chi connectivity index (χ4n) is 1.87. The van der Waals surface area contributed by atoms with E-state index in [-0.39, 0.29) is 0 Å². The summed E-state index contributed by atoms with van der Waals surface area (Å²) in [6, 6.07) is 7.62. The summed E-state index contributed by atoms with van der Waals surface area (Å²) < 4.78 is 7.70. The van der Waals surface area contributed by atoms with Gasteiger partial charge in [0.25, 0.3) is 0 Å². The third-order valence-electron chi connectivity index (χ3n) is 3.00. The van der Waals surface area contributed by atoms with Crippen LogP contribution in [-0.4, -0.2) is 37.1 Å². The van der Waals surface area contributed by atoms with Crippen LogP contribution >= 0.6 is 15.9 Å². The first-order valence-corrected chi connectivity index (χ1v) is 7.18. The first kappa shape index (κ1) is 13.7. The SMILES string of the molecule is CCn1nnc(-c2cnn(-c3ccc(OC)cc3)c2Br)n1. The molecule has 1 aromatic carbocycles. The van der Waals surface area contributed by atoms with E-state index in [1.807, 2.05) is 31.2 Å². The van der Waals surface area contributed by atoms with Gasteiger partial charge in [0, 0.05) is 0 Å². The van der Waals surface area contributed by atoms with E-state index in [0.29, 0.717) is 12.4 Å². The zero-order valence-electron chi connectivity index (χ0n) is 11.6. The summed E-state index contributed by atoms with van der Waals surface area (Å²) in [5.74, 6) is 1.35. The number of hydrogen-bond acceptors (Lipinski definition) is 5. The number of hydrogen-bond donors (Lipinski definition) is 0. The number of benzene rings is 1. The molecule has 0 aliphatic heterocycles. The molecule has 0 saturated heterocycles. The highest BCUT2D eigenvalue weighted by Crippen LogP contribution is 2.27. The Morgan fingerprint density at radius 3 is 2.62 bits per heavy atom. The highest BCUT2D eigenvalue weighted by molar-refractivity contribution is 9.10. The molecule has 0 saturated carbocycles. The average Bonchev–Trinajstić information content (AvgIpc) is 3.13. The summed E-state index contributed by atoms with van der Waals surface area (Å²) in [4.78, 5) is 1.53. The Bertz CT molecular complexity index is 748. The van der Waals surface area contributed by atoms with Crippen molar-refractivity contribution in [2.75, 3.05) is 7.11 Å². The lowest BCUT2D eigenvalue weighted by atomic mass is 10.3. The Morgan fingerprint density at radius 2 is 2.00 bits per heavy atom. The molecule has 0 fully saturated rings. The number of rotatable bonds is 4. The van der Waals surface area contributed by atoms with Gasteiger partial charge in [-0.3, -0.25) is 0 Å². The highest BCUT2D eigenvalue weighted by atomic mass is 79.9. The summed E-state index contributed by atoms with van der Waals surface area (Å²) in [5, 5.41) is 16.6. The molecule has 0 atom stereocenters. The summed E-state index contributed by atoms with van der Waals surface area (Å²) in [7, 11) is 1.64. The predicted molar refractivity (Wildman–Crippen MR) is 80.3 cm³/mol. The van der Waals surface area contributed by atoms with Crippen LogP contribution in [0.25, 0.3) is 17.1 Å². The Labute approximate surface area is 129 Å². The molecular formula is C13H13BrN6O. The number of aromatic nitrogens is 6. The van der Waals surface area contributed by atoms with E-state index in [1.54, 1.807) is 18.0 Å². The molecule has 0 unspecified atom stereocenters. The molecule has 0 spiro atoms. The number of aryl methyl sites for hydroxylation is 1. The van der Waals surface area contributed by atoms with Crippen LogP contribution in [0.5, 0.6) is 5.75 Å². The van der Waals surface area contributed by atoms with E-state index in [1.165, 1.54) is 4.80 Å². The smallest absolute Gasteiger partial charge is 0.209 e. The van der Waals surface area contributed by atoms with E-state index >= 15 is 0 Å². The van der Waals surface area contributed by atoms with Crippen molar-refractivity contribution in [2.45, 2.75) is 13.5 Å². The third-order valence-corrected chi connectivity index (χ3v) is 3.77. The molecule has 2 heterocycles. The monoisotopic (exact) mass is 348 g/mol. The summed E-state index contributed by atoms with van der Waals surface area (Å²) >= 11 is 3.54. The van der Waals surface area contributed by atoms with Crippen molar-refractivity contribution < 1.29 is 4.74 Å². The number of ether oxygens (including phenoxy) is 1. The second-order valence-corrected chi connectivity index (χ2v) is 5.01. The summed E-state index contributed by atoms with van der Waals surface area (Å²) in [6.45, 7) is 2.64. The van der Waals surface area contributed by atoms with Gasteiger partial charge in [-0.15, -0.1) is 10.2 Å². The van der Waals surface area contributed by atoms with Gasteiger partial charge < -0.3 is 4.74 Å². The minimum atomic E-state index is 0.545. The first-order valence-electron chi connectivity index (χ1n) is 6.39. The maximum Gasteiger partial charge on any atom is 0.209 e. The lowest BCUT2D eigenvalue weighted by molar-refractivity contribution is 0.414. The molecule has 0 bridgehead atoms. The van der Waals surface area contributed by atoms with E-state index in [2.05, 4.69) is 36.4 Å². The second-order valence-electron chi connectivity index (χ2n) is 4.26. The molecule has 0 aliphatic rings. The fraction of sp³-hybridized carbons (Fsp3) is 0.231. The van der Waals surface area contributed by atoms with Crippen LogP contribution in [0.2, 0.25) is 0 Å². The quantitative estimate of drug-likeness (QED) is 0.723. The topological polar surface area (TPSA) is 70.7 Å². The minimum Gasteiger partial charge on any atom is -0.497 e. The van der Waals surface area contributed by atoms with Gasteiger partial charge in [0.2, 0.25) is 5.82 Å². The molecule has 8 heteroatoms. The third kappa shape index (κ3) is 2.54. The van der Waals surface area contributed by atoms with Crippen LogP contribution in [0.1, 0.15) is 6.92 Å². The number of nitrogens with zero attached hydrogens (tertiary/aromatic N) is 6. The molecule has 3 rings (SSSR count). The molecule has 3 aromatic rings. The van der Waals surface area contributed by atoms with Crippen molar-refractivity contribution in [3.8, 4) is 22.8 Å². The lowest BCUT2D eigenvalue weighted by Crippen LogP contribution is -1.98. The minimum absolute atomic E-state index is 0.545. The van der Waals surface area contributed by atoms with Gasteiger partial charge in [-0.1, -0.05) is 0 Å². The van der Waals surface area contributed by atoms with Crippen molar-refractivity contribution in [1.82, 2.24) is 30.0 Å². The van der Waals surface area contributed by atoms with Crippen LogP contribution in [0.15, 0.2) is 35.1 Å². The standard InChI is InChI=1S/C13H13BrN6O/c1-3-19-17-13(16-18-19)11-8-15-20(12(11)14)9-4-6-10(21-2)7-5-9/h4-8H,3H2,1-2H3. The van der Waals surface area contributed by atoms with Gasteiger partial charge in [-0.25, -0.2) is 4.68 Å². The second kappa shape index (κ2) is 5.65. The van der Waals surface area contributed by atoms with Crippen molar-refractivity contribution in [3.63, 3.8) is 0 Å². The van der Waals surface area contributed by atoms with Crippen LogP contribution in [0.3, 0.4) is 0 Å². The molecule has 0 aliphatic carbocycles. The normalized spacial score (nSPS) is 10.8. The lowest BCUT2D eigenvalue weighted by Gasteiger charge is -2.05. The molecular weight excluding hydrogens is 336 g/mol. The van der Waals surface area contributed by atoms with Crippen LogP contribution < -0.4 is 4.74 Å². The molecule has 7 nitrogen and oxygen atoms in total. The Balaban J connectivity index is 1.97. The van der Waals surface area contributed by atoms with Crippen LogP contribution in [-0.2, 0) is 6.54 Å². The van der Waals surface area contributed by atoms with Crippen molar-refractivity contribution in [1.29, 1.82) is 0 Å². The molecule has 2 aromatic heterocycles. The number of tetrazole rings is 1. The van der Waals surface area contributed by atoms with Gasteiger partial charge >= 0.3 is 0 Å². The largest absolute Gasteiger partial charge is 0.497 e. The van der Waals surface area contributed by atoms with Gasteiger partial charge in [0.15, 0.2) is 0 Å². The van der Waals surface area contributed by atoms with E-state index in [9.17, 15) is 0 Å². The summed E-state index contributed by atoms with van der Waals surface area (Å²) in [5.41, 5.74) is 1.71. The van der Waals surface area contributed by atoms with Gasteiger partial charge in [-0.2, -0.15) is 9.90 Å². The van der Waals surface area contributed by atoms with Gasteiger partial charge in [0.05, 0.1) is 31.1 Å².